The Kier molecular flexibility index (Phi) is 6.03. The number of ether oxygens (including phenoxy) is 2. The van der Waals surface area contributed by atoms with Gasteiger partial charge in [0.15, 0.2) is 5.41 Å². The summed E-state index contributed by atoms with van der Waals surface area (Å²) in [6.45, 7) is 3.72. The first kappa shape index (κ1) is 20.9. The van der Waals surface area contributed by atoms with Crippen LogP contribution in [0.3, 0.4) is 0 Å². The summed E-state index contributed by atoms with van der Waals surface area (Å²) in [5.74, 6) is -1.35. The van der Waals surface area contributed by atoms with Crippen LogP contribution in [0.4, 0.5) is 0 Å². The number of nitriles is 1. The number of fused-ring (bicyclic) bond motifs is 1. The van der Waals surface area contributed by atoms with E-state index in [1.165, 1.54) is 20.3 Å². The molecule has 30 heavy (non-hydrogen) atoms. The molecule has 6 nitrogen and oxygen atoms in total. The van der Waals surface area contributed by atoms with Gasteiger partial charge in [0.25, 0.3) is 0 Å². The average Bonchev–Trinajstić information content (AvgIpc) is 3.15. The molecule has 2 aromatic carbocycles. The van der Waals surface area contributed by atoms with Crippen molar-refractivity contribution in [3.63, 3.8) is 0 Å². The van der Waals surface area contributed by atoms with Crippen LogP contribution < -0.4 is 0 Å². The first-order chi connectivity index (χ1) is 14.5. The van der Waals surface area contributed by atoms with Crippen molar-refractivity contribution in [2.75, 3.05) is 14.2 Å². The SMILES string of the molecule is C=CCC(Cc1c(-c2ccc(C#N)cc2)[nH]c2ccccc12)(C(=O)OC)C(=O)OC. The zero-order valence-corrected chi connectivity index (χ0v) is 16.9. The van der Waals surface area contributed by atoms with Gasteiger partial charge in [0, 0.05) is 23.0 Å². The van der Waals surface area contributed by atoms with Crippen LogP contribution in [-0.2, 0) is 25.5 Å². The minimum absolute atomic E-state index is 0.0672. The first-order valence-electron chi connectivity index (χ1n) is 9.38. The molecule has 0 saturated carbocycles. The molecular formula is C24H22N2O4. The number of hydrogen-bond acceptors (Lipinski definition) is 5. The van der Waals surface area contributed by atoms with Crippen molar-refractivity contribution in [1.29, 1.82) is 5.26 Å². The molecule has 0 fully saturated rings. The van der Waals surface area contributed by atoms with E-state index in [0.717, 1.165) is 27.7 Å². The highest BCUT2D eigenvalue weighted by molar-refractivity contribution is 6.02. The van der Waals surface area contributed by atoms with Gasteiger partial charge < -0.3 is 14.5 Å². The Labute approximate surface area is 174 Å². The Morgan fingerprint density at radius 2 is 1.73 bits per heavy atom. The number of para-hydroxylation sites is 1. The second-order valence-corrected chi connectivity index (χ2v) is 6.95. The number of aromatic amines is 1. The van der Waals surface area contributed by atoms with E-state index >= 15 is 0 Å². The second kappa shape index (κ2) is 8.66. The number of nitrogens with one attached hydrogen (secondary N) is 1. The van der Waals surface area contributed by atoms with Gasteiger partial charge >= 0.3 is 11.9 Å². The maximum atomic E-state index is 12.8. The molecule has 0 unspecified atom stereocenters. The molecule has 0 aliphatic carbocycles. The zero-order valence-electron chi connectivity index (χ0n) is 16.9. The Bertz CT molecular complexity index is 1120. The number of allylic oxidation sites excluding steroid dienone is 1. The summed E-state index contributed by atoms with van der Waals surface area (Å²) < 4.78 is 9.99. The maximum Gasteiger partial charge on any atom is 0.323 e. The molecule has 0 spiro atoms. The van der Waals surface area contributed by atoms with Crippen LogP contribution in [-0.4, -0.2) is 31.1 Å². The van der Waals surface area contributed by atoms with Crippen molar-refractivity contribution in [2.24, 2.45) is 5.41 Å². The van der Waals surface area contributed by atoms with Crippen molar-refractivity contribution in [2.45, 2.75) is 12.8 Å². The van der Waals surface area contributed by atoms with Crippen LogP contribution in [0.15, 0.2) is 61.2 Å². The van der Waals surface area contributed by atoms with Crippen molar-refractivity contribution in [1.82, 2.24) is 4.98 Å². The Balaban J connectivity index is 2.24. The normalized spacial score (nSPS) is 11.0. The summed E-state index contributed by atoms with van der Waals surface area (Å²) in [6, 6.07) is 16.9. The van der Waals surface area contributed by atoms with E-state index in [9.17, 15) is 9.59 Å². The fraction of sp³-hybridized carbons (Fsp3) is 0.208. The van der Waals surface area contributed by atoms with E-state index in [-0.39, 0.29) is 12.8 Å². The smallest absolute Gasteiger partial charge is 0.323 e. The summed E-state index contributed by atoms with van der Waals surface area (Å²) >= 11 is 0. The average molecular weight is 402 g/mol. The van der Waals surface area contributed by atoms with Crippen LogP contribution in [0.25, 0.3) is 22.2 Å². The third-order valence-corrected chi connectivity index (χ3v) is 5.24. The van der Waals surface area contributed by atoms with Crippen LogP contribution in [0.5, 0.6) is 0 Å². The fourth-order valence-corrected chi connectivity index (χ4v) is 3.75. The largest absolute Gasteiger partial charge is 0.468 e. The lowest BCUT2D eigenvalue weighted by atomic mass is 9.77. The maximum absolute atomic E-state index is 12.8. The van der Waals surface area contributed by atoms with Gasteiger partial charge in [-0.1, -0.05) is 36.4 Å². The molecule has 6 heteroatoms. The number of methoxy groups -OCH3 is 2. The van der Waals surface area contributed by atoms with Gasteiger partial charge in [-0.15, -0.1) is 6.58 Å². The van der Waals surface area contributed by atoms with Gasteiger partial charge in [-0.05, 0) is 35.7 Å². The van der Waals surface area contributed by atoms with E-state index in [2.05, 4.69) is 17.6 Å². The molecule has 1 heterocycles. The van der Waals surface area contributed by atoms with Gasteiger partial charge in [-0.3, -0.25) is 9.59 Å². The second-order valence-electron chi connectivity index (χ2n) is 6.95. The third kappa shape index (κ3) is 3.58. The standard InChI is InChI=1S/C24H22N2O4/c1-4-13-24(22(27)29-2,23(28)30-3)14-19-18-7-5-6-8-20(18)26-21(19)17-11-9-16(15-25)10-12-17/h4-12,26H,1,13-14H2,2-3H3. The molecule has 0 bridgehead atoms. The van der Waals surface area contributed by atoms with E-state index in [4.69, 9.17) is 14.7 Å². The van der Waals surface area contributed by atoms with E-state index < -0.39 is 17.4 Å². The molecule has 1 aromatic heterocycles. The van der Waals surface area contributed by atoms with Gasteiger partial charge in [-0.25, -0.2) is 0 Å². The minimum atomic E-state index is -1.56. The molecule has 3 rings (SSSR count). The first-order valence-corrected chi connectivity index (χ1v) is 9.38. The quantitative estimate of drug-likeness (QED) is 0.364. The number of esters is 2. The summed E-state index contributed by atoms with van der Waals surface area (Å²) in [6.07, 6.45) is 1.65. The van der Waals surface area contributed by atoms with Gasteiger partial charge in [-0.2, -0.15) is 5.26 Å². The number of benzene rings is 2. The summed E-state index contributed by atoms with van der Waals surface area (Å²) in [5.41, 5.74) is 2.24. The van der Waals surface area contributed by atoms with Crippen LogP contribution in [0.1, 0.15) is 17.5 Å². The van der Waals surface area contributed by atoms with E-state index in [0.29, 0.717) is 5.56 Å². The zero-order chi connectivity index (χ0) is 21.7. The monoisotopic (exact) mass is 402 g/mol. The number of carbonyl (C=O) groups is 2. The highest BCUT2D eigenvalue weighted by atomic mass is 16.5. The van der Waals surface area contributed by atoms with Crippen molar-refractivity contribution in [3.05, 3.63) is 72.3 Å². The van der Waals surface area contributed by atoms with Gasteiger partial charge in [0.05, 0.1) is 25.9 Å². The number of hydrogen-bond donors (Lipinski definition) is 1. The number of carbonyl (C=O) groups excluding carboxylic acids is 2. The number of aromatic nitrogens is 1. The number of nitrogens with zero attached hydrogens (tertiary/aromatic N) is 1. The Morgan fingerprint density at radius 3 is 2.30 bits per heavy atom. The summed E-state index contributed by atoms with van der Waals surface area (Å²) in [7, 11) is 2.50. The highest BCUT2D eigenvalue weighted by Crippen LogP contribution is 2.38. The molecular weight excluding hydrogens is 380 g/mol. The topological polar surface area (TPSA) is 92.2 Å². The van der Waals surface area contributed by atoms with Gasteiger partial charge in [0.1, 0.15) is 0 Å². The Morgan fingerprint density at radius 1 is 1.10 bits per heavy atom. The van der Waals surface area contributed by atoms with E-state index in [1.54, 1.807) is 12.1 Å². The molecule has 0 aliphatic rings. The van der Waals surface area contributed by atoms with Crippen LogP contribution in [0.2, 0.25) is 0 Å². The molecule has 1 N–H and O–H groups in total. The van der Waals surface area contributed by atoms with Crippen LogP contribution >= 0.6 is 0 Å². The predicted octanol–water partition coefficient (Wildman–Crippen LogP) is 4.16. The fourth-order valence-electron chi connectivity index (χ4n) is 3.75. The molecule has 0 amide bonds. The van der Waals surface area contributed by atoms with Gasteiger partial charge in [0.2, 0.25) is 0 Å². The van der Waals surface area contributed by atoms with Crippen molar-refractivity contribution in [3.8, 4) is 17.3 Å². The summed E-state index contributed by atoms with van der Waals surface area (Å²) in [5, 5.41) is 9.97. The predicted molar refractivity (Wildman–Crippen MR) is 113 cm³/mol. The molecule has 0 radical (unpaired) electrons. The van der Waals surface area contributed by atoms with Crippen molar-refractivity contribution >= 4 is 22.8 Å². The third-order valence-electron chi connectivity index (χ3n) is 5.24. The van der Waals surface area contributed by atoms with Crippen molar-refractivity contribution < 1.29 is 19.1 Å². The number of H-pyrrole nitrogens is 1. The lowest BCUT2D eigenvalue weighted by Crippen LogP contribution is -2.43. The Hall–Kier alpha value is -3.85. The summed E-state index contributed by atoms with van der Waals surface area (Å²) in [4.78, 5) is 29.0. The molecule has 0 atom stereocenters. The molecule has 3 aromatic rings. The van der Waals surface area contributed by atoms with E-state index in [1.807, 2.05) is 36.4 Å². The molecule has 0 saturated heterocycles. The number of rotatable bonds is 7. The lowest BCUT2D eigenvalue weighted by molar-refractivity contribution is -0.168. The highest BCUT2D eigenvalue weighted by Gasteiger charge is 2.48. The lowest BCUT2D eigenvalue weighted by Gasteiger charge is -2.27. The minimum Gasteiger partial charge on any atom is -0.468 e. The molecule has 152 valence electrons. The molecule has 0 aliphatic heterocycles. The van der Waals surface area contributed by atoms with Crippen LogP contribution in [0, 0.1) is 16.7 Å².